The van der Waals surface area contributed by atoms with Crippen molar-refractivity contribution in [3.8, 4) is 0 Å². The second-order valence-corrected chi connectivity index (χ2v) is 7.19. The van der Waals surface area contributed by atoms with Crippen molar-refractivity contribution in [3.05, 3.63) is 6.20 Å². The molecule has 1 aliphatic rings. The molecule has 7 nitrogen and oxygen atoms in total. The van der Waals surface area contributed by atoms with Crippen LogP contribution in [0.15, 0.2) is 11.4 Å². The van der Waals surface area contributed by atoms with Crippen LogP contribution in [0.25, 0.3) is 11.0 Å². The monoisotopic (exact) mass is 412 g/mol. The number of halogens is 1. The summed E-state index contributed by atoms with van der Waals surface area (Å²) < 4.78 is 1.85. The van der Waals surface area contributed by atoms with Crippen molar-refractivity contribution in [1.82, 2.24) is 25.1 Å². The maximum absolute atomic E-state index is 11.6. The van der Waals surface area contributed by atoms with Gasteiger partial charge in [-0.25, -0.2) is 14.6 Å². The van der Waals surface area contributed by atoms with Crippen molar-refractivity contribution in [3.63, 3.8) is 0 Å². The van der Waals surface area contributed by atoms with Gasteiger partial charge in [-0.15, -0.1) is 0 Å². The summed E-state index contributed by atoms with van der Waals surface area (Å²) >= 11 is 4.81. The predicted octanol–water partition coefficient (Wildman–Crippen LogP) is 2.05. The molecule has 3 heterocycles. The van der Waals surface area contributed by atoms with Crippen LogP contribution in [0.4, 0.5) is 5.82 Å². The summed E-state index contributed by atoms with van der Waals surface area (Å²) in [6, 6.07) is 0. The topological polar surface area (TPSA) is 75.9 Å². The molecule has 3 rings (SSSR count). The number of anilines is 1. The minimum atomic E-state index is 0.0421. The Kier molecular flexibility index (Phi) is 5.94. The third kappa shape index (κ3) is 3.83. The first kappa shape index (κ1) is 17.5. The van der Waals surface area contributed by atoms with Gasteiger partial charge >= 0.3 is 0 Å². The first-order valence-corrected chi connectivity index (χ1v) is 10.4. The number of alkyl halides is 1. The van der Waals surface area contributed by atoms with E-state index in [0.29, 0.717) is 24.8 Å². The Labute approximate surface area is 153 Å². The molecule has 1 fully saturated rings. The quantitative estimate of drug-likeness (QED) is 0.426. The average molecular weight is 413 g/mol. The van der Waals surface area contributed by atoms with E-state index in [1.54, 1.807) is 0 Å². The van der Waals surface area contributed by atoms with Gasteiger partial charge in [-0.05, 0) is 19.1 Å². The second-order valence-electron chi connectivity index (χ2n) is 5.62. The molecule has 0 saturated carbocycles. The van der Waals surface area contributed by atoms with Crippen molar-refractivity contribution >= 4 is 50.5 Å². The molecular formula is C15H21BrN6OS. The van der Waals surface area contributed by atoms with Crippen LogP contribution < -0.4 is 10.2 Å². The average Bonchev–Trinajstić information content (AvgIpc) is 3.24. The molecule has 1 N–H and O–H groups in total. The maximum Gasteiger partial charge on any atom is 0.220 e. The number of nitrogens with zero attached hydrogens (tertiary/aromatic N) is 5. The lowest BCUT2D eigenvalue weighted by molar-refractivity contribution is -0.120. The fourth-order valence-electron chi connectivity index (χ4n) is 2.82. The van der Waals surface area contributed by atoms with E-state index < -0.39 is 0 Å². The van der Waals surface area contributed by atoms with Crippen LogP contribution in [0.5, 0.6) is 0 Å². The summed E-state index contributed by atoms with van der Waals surface area (Å²) in [6.45, 7) is 3.21. The zero-order valence-corrected chi connectivity index (χ0v) is 16.1. The number of amides is 1. The van der Waals surface area contributed by atoms with Gasteiger partial charge in [-0.2, -0.15) is 5.10 Å². The molecule has 1 aliphatic heterocycles. The Bertz CT molecular complexity index is 715. The van der Waals surface area contributed by atoms with Gasteiger partial charge in [-0.1, -0.05) is 27.7 Å². The Hall–Kier alpha value is -1.35. The number of hydrogen-bond acceptors (Lipinski definition) is 6. The summed E-state index contributed by atoms with van der Waals surface area (Å²) in [5, 5.41) is 9.78. The zero-order valence-electron chi connectivity index (χ0n) is 13.7. The van der Waals surface area contributed by atoms with Crippen molar-refractivity contribution in [2.45, 2.75) is 31.0 Å². The highest BCUT2D eigenvalue weighted by molar-refractivity contribution is 9.09. The summed E-state index contributed by atoms with van der Waals surface area (Å²) in [6.07, 6.45) is 6.71. The zero-order chi connectivity index (χ0) is 16.9. The lowest BCUT2D eigenvalue weighted by Crippen LogP contribution is -2.27. The Morgan fingerprint density at radius 2 is 2.17 bits per heavy atom. The van der Waals surface area contributed by atoms with Crippen molar-refractivity contribution in [1.29, 1.82) is 0 Å². The van der Waals surface area contributed by atoms with Gasteiger partial charge in [0.1, 0.15) is 5.82 Å². The molecule has 24 heavy (non-hydrogen) atoms. The minimum absolute atomic E-state index is 0.0421. The molecule has 0 atom stereocenters. The minimum Gasteiger partial charge on any atom is -0.356 e. The fraction of sp³-hybridized carbons (Fsp3) is 0.600. The van der Waals surface area contributed by atoms with E-state index in [1.807, 2.05) is 17.1 Å². The van der Waals surface area contributed by atoms with Gasteiger partial charge in [0.15, 0.2) is 10.8 Å². The van der Waals surface area contributed by atoms with Crippen molar-refractivity contribution in [2.24, 2.45) is 0 Å². The van der Waals surface area contributed by atoms with Crippen LogP contribution in [0, 0.1) is 0 Å². The molecule has 130 valence electrons. The number of carbonyl (C=O) groups is 1. The number of fused-ring (bicyclic) bond motifs is 1. The molecule has 2 aromatic heterocycles. The highest BCUT2D eigenvalue weighted by atomic mass is 79.9. The molecule has 0 bridgehead atoms. The molecule has 9 heteroatoms. The second kappa shape index (κ2) is 8.15. The van der Waals surface area contributed by atoms with Crippen LogP contribution in [0.2, 0.25) is 0 Å². The van der Waals surface area contributed by atoms with Crippen molar-refractivity contribution < 1.29 is 4.79 Å². The number of nitrogens with one attached hydrogen (secondary N) is 1. The standard InChI is InChI=1S/C15H21BrN6OS/c1-24-15-19-13(21-7-2-3-8-21)11-10-18-22(14(11)20-15)9-6-17-12(23)4-5-16/h10H,2-9H2,1H3,(H,17,23). The molecule has 0 spiro atoms. The lowest BCUT2D eigenvalue weighted by atomic mass is 10.3. The first-order chi connectivity index (χ1) is 11.7. The van der Waals surface area contributed by atoms with Gasteiger partial charge in [0.05, 0.1) is 18.1 Å². The maximum atomic E-state index is 11.6. The Morgan fingerprint density at radius 1 is 1.38 bits per heavy atom. The molecule has 0 aliphatic carbocycles. The van der Waals surface area contributed by atoms with E-state index in [4.69, 9.17) is 4.98 Å². The number of thioether (sulfide) groups is 1. The van der Waals surface area contributed by atoms with Crippen LogP contribution in [0.1, 0.15) is 19.3 Å². The number of aromatic nitrogens is 4. The highest BCUT2D eigenvalue weighted by Gasteiger charge is 2.20. The van der Waals surface area contributed by atoms with Crippen LogP contribution in [-0.2, 0) is 11.3 Å². The molecule has 1 amide bonds. The SMILES string of the molecule is CSc1nc(N2CCCC2)c2cnn(CCNC(=O)CCBr)c2n1. The number of hydrogen-bond donors (Lipinski definition) is 1. The number of rotatable bonds is 7. The van der Waals surface area contributed by atoms with Gasteiger partial charge in [-0.3, -0.25) is 4.79 Å². The smallest absolute Gasteiger partial charge is 0.220 e. The summed E-state index contributed by atoms with van der Waals surface area (Å²) in [4.78, 5) is 23.2. The Morgan fingerprint density at radius 3 is 2.88 bits per heavy atom. The summed E-state index contributed by atoms with van der Waals surface area (Å²) in [7, 11) is 0. The summed E-state index contributed by atoms with van der Waals surface area (Å²) in [5.41, 5.74) is 0.839. The summed E-state index contributed by atoms with van der Waals surface area (Å²) in [5.74, 6) is 1.02. The van der Waals surface area contributed by atoms with Gasteiger partial charge in [0.2, 0.25) is 5.91 Å². The van der Waals surface area contributed by atoms with Crippen LogP contribution in [0.3, 0.4) is 0 Å². The van der Waals surface area contributed by atoms with E-state index in [2.05, 4.69) is 36.2 Å². The molecule has 1 saturated heterocycles. The molecule has 0 aromatic carbocycles. The van der Waals surface area contributed by atoms with Gasteiger partial charge < -0.3 is 10.2 Å². The van der Waals surface area contributed by atoms with E-state index >= 15 is 0 Å². The Balaban J connectivity index is 1.82. The molecule has 2 aromatic rings. The number of carbonyl (C=O) groups excluding carboxylic acids is 1. The van der Waals surface area contributed by atoms with E-state index in [-0.39, 0.29) is 5.91 Å². The largest absolute Gasteiger partial charge is 0.356 e. The van der Waals surface area contributed by atoms with Gasteiger partial charge in [0.25, 0.3) is 0 Å². The predicted molar refractivity (Wildman–Crippen MR) is 100.0 cm³/mol. The third-order valence-electron chi connectivity index (χ3n) is 4.01. The lowest BCUT2D eigenvalue weighted by Gasteiger charge is -2.17. The van der Waals surface area contributed by atoms with Gasteiger partial charge in [0, 0.05) is 31.4 Å². The van der Waals surface area contributed by atoms with Crippen molar-refractivity contribution in [2.75, 3.05) is 36.1 Å². The fourth-order valence-corrected chi connectivity index (χ4v) is 3.54. The first-order valence-electron chi connectivity index (χ1n) is 8.08. The molecular weight excluding hydrogens is 392 g/mol. The van der Waals surface area contributed by atoms with Crippen LogP contribution >= 0.6 is 27.7 Å². The normalized spacial score (nSPS) is 14.5. The molecule has 0 unspecified atom stereocenters. The highest BCUT2D eigenvalue weighted by Crippen LogP contribution is 2.28. The third-order valence-corrected chi connectivity index (χ3v) is 4.96. The van der Waals surface area contributed by atoms with Crippen LogP contribution in [-0.4, -0.2) is 56.9 Å². The van der Waals surface area contributed by atoms with E-state index in [1.165, 1.54) is 24.6 Å². The van der Waals surface area contributed by atoms with E-state index in [0.717, 1.165) is 35.1 Å². The van der Waals surface area contributed by atoms with E-state index in [9.17, 15) is 4.79 Å². The molecule has 0 radical (unpaired) electrons.